The van der Waals surface area contributed by atoms with E-state index in [1.54, 1.807) is 0 Å². The first-order valence-corrected chi connectivity index (χ1v) is 6.20. The van der Waals surface area contributed by atoms with Crippen LogP contribution in [0.5, 0.6) is 0 Å². The van der Waals surface area contributed by atoms with Crippen molar-refractivity contribution in [2.45, 2.75) is 51.9 Å². The van der Waals surface area contributed by atoms with Crippen molar-refractivity contribution in [3.63, 3.8) is 0 Å². The summed E-state index contributed by atoms with van der Waals surface area (Å²) in [5.74, 6) is -1.06. The van der Waals surface area contributed by atoms with Crippen LogP contribution in [0.2, 0.25) is 0 Å². The van der Waals surface area contributed by atoms with E-state index in [4.69, 9.17) is 5.73 Å². The summed E-state index contributed by atoms with van der Waals surface area (Å²) < 4.78 is 4.59. The average Bonchev–Trinajstić information content (AvgIpc) is 2.30. The third kappa shape index (κ3) is 8.48. The summed E-state index contributed by atoms with van der Waals surface area (Å²) in [4.78, 5) is 22.1. The number of ether oxygens (including phenoxy) is 1. The monoisotopic (exact) mass is 241 g/mol. The lowest BCUT2D eigenvalue weighted by Crippen LogP contribution is -2.12. The Kier molecular flexibility index (Phi) is 9.11. The van der Waals surface area contributed by atoms with Crippen molar-refractivity contribution in [1.82, 2.24) is 0 Å². The first-order valence-electron chi connectivity index (χ1n) is 6.20. The Morgan fingerprint density at radius 1 is 1.12 bits per heavy atom. The number of methoxy groups -OCH3 is 1. The smallest absolute Gasteiger partial charge is 0.333 e. The van der Waals surface area contributed by atoms with Crippen LogP contribution in [-0.4, -0.2) is 19.0 Å². The Labute approximate surface area is 103 Å². The zero-order valence-corrected chi connectivity index (χ0v) is 10.8. The summed E-state index contributed by atoms with van der Waals surface area (Å²) in [6.07, 6.45) is 8.53. The van der Waals surface area contributed by atoms with Crippen LogP contribution in [0.15, 0.2) is 11.6 Å². The summed E-state index contributed by atoms with van der Waals surface area (Å²) in [5, 5.41) is 0. The van der Waals surface area contributed by atoms with Crippen molar-refractivity contribution in [2.75, 3.05) is 7.11 Å². The van der Waals surface area contributed by atoms with Crippen LogP contribution in [0.1, 0.15) is 51.9 Å². The van der Waals surface area contributed by atoms with Gasteiger partial charge in [0.25, 0.3) is 0 Å². The molecule has 0 spiro atoms. The van der Waals surface area contributed by atoms with Gasteiger partial charge in [0.05, 0.1) is 7.11 Å². The first kappa shape index (κ1) is 15.7. The van der Waals surface area contributed by atoms with Gasteiger partial charge in [0, 0.05) is 11.6 Å². The third-order valence-electron chi connectivity index (χ3n) is 2.56. The lowest BCUT2D eigenvalue weighted by Gasteiger charge is -2.04. The summed E-state index contributed by atoms with van der Waals surface area (Å²) in [5.41, 5.74) is 5.40. The molecule has 0 fully saturated rings. The van der Waals surface area contributed by atoms with E-state index >= 15 is 0 Å². The average molecular weight is 241 g/mol. The van der Waals surface area contributed by atoms with Gasteiger partial charge in [-0.15, -0.1) is 0 Å². The number of primary amides is 1. The van der Waals surface area contributed by atoms with Gasteiger partial charge in [0.1, 0.15) is 0 Å². The molecule has 0 heterocycles. The molecule has 98 valence electrons. The number of hydrogen-bond acceptors (Lipinski definition) is 3. The van der Waals surface area contributed by atoms with Gasteiger partial charge >= 0.3 is 5.97 Å². The highest BCUT2D eigenvalue weighted by molar-refractivity contribution is 5.97. The molecular formula is C13H23NO3. The highest BCUT2D eigenvalue weighted by atomic mass is 16.5. The molecule has 0 atom stereocenters. The second-order valence-corrected chi connectivity index (χ2v) is 4.08. The summed E-state index contributed by atoms with van der Waals surface area (Å²) >= 11 is 0. The second-order valence-electron chi connectivity index (χ2n) is 4.08. The first-order chi connectivity index (χ1) is 8.11. The third-order valence-corrected chi connectivity index (χ3v) is 2.56. The molecule has 0 aromatic rings. The topological polar surface area (TPSA) is 69.4 Å². The molecule has 0 saturated heterocycles. The number of carbonyl (C=O) groups excluding carboxylic acids is 2. The van der Waals surface area contributed by atoms with Gasteiger partial charge in [-0.2, -0.15) is 0 Å². The van der Waals surface area contributed by atoms with Crippen LogP contribution in [0.4, 0.5) is 0 Å². The fraction of sp³-hybridized carbons (Fsp3) is 0.692. The maximum Gasteiger partial charge on any atom is 0.333 e. The molecular weight excluding hydrogens is 218 g/mol. The molecule has 0 unspecified atom stereocenters. The van der Waals surface area contributed by atoms with Crippen molar-refractivity contribution < 1.29 is 14.3 Å². The normalized spacial score (nSPS) is 11.3. The predicted octanol–water partition coefficient (Wildman–Crippen LogP) is 2.32. The van der Waals surface area contributed by atoms with E-state index in [2.05, 4.69) is 11.7 Å². The van der Waals surface area contributed by atoms with Crippen molar-refractivity contribution in [2.24, 2.45) is 5.73 Å². The Balaban J connectivity index is 3.94. The summed E-state index contributed by atoms with van der Waals surface area (Å²) in [6.45, 7) is 2.17. The standard InChI is InChI=1S/C13H23NO3/c1-3-4-5-6-7-8-9-11(10-12(14)15)13(16)17-2/h10H,3-9H2,1-2H3,(H2,14,15). The van der Waals surface area contributed by atoms with Gasteiger partial charge < -0.3 is 10.5 Å². The molecule has 0 bridgehead atoms. The summed E-state index contributed by atoms with van der Waals surface area (Å²) in [6, 6.07) is 0. The highest BCUT2D eigenvalue weighted by Crippen LogP contribution is 2.12. The Morgan fingerprint density at radius 3 is 2.24 bits per heavy atom. The highest BCUT2D eigenvalue weighted by Gasteiger charge is 2.10. The number of esters is 1. The van der Waals surface area contributed by atoms with E-state index in [0.717, 1.165) is 18.9 Å². The Bertz CT molecular complexity index is 272. The van der Waals surface area contributed by atoms with Crippen LogP contribution in [-0.2, 0) is 14.3 Å². The van der Waals surface area contributed by atoms with Crippen molar-refractivity contribution in [1.29, 1.82) is 0 Å². The van der Waals surface area contributed by atoms with Gasteiger partial charge in [0.2, 0.25) is 5.91 Å². The summed E-state index contributed by atoms with van der Waals surface area (Å²) in [7, 11) is 1.30. The minimum absolute atomic E-state index is 0.371. The number of carbonyl (C=O) groups is 2. The van der Waals surface area contributed by atoms with Gasteiger partial charge in [-0.3, -0.25) is 4.79 Å². The molecule has 0 radical (unpaired) electrons. The Morgan fingerprint density at radius 2 is 1.71 bits per heavy atom. The molecule has 4 heteroatoms. The van der Waals surface area contributed by atoms with E-state index < -0.39 is 11.9 Å². The van der Waals surface area contributed by atoms with Gasteiger partial charge in [-0.1, -0.05) is 39.0 Å². The molecule has 0 saturated carbocycles. The molecule has 0 rings (SSSR count). The maximum atomic E-state index is 11.3. The van der Waals surface area contributed by atoms with E-state index in [-0.39, 0.29) is 0 Å². The minimum Gasteiger partial charge on any atom is -0.466 e. The number of amides is 1. The molecule has 17 heavy (non-hydrogen) atoms. The number of rotatable bonds is 9. The molecule has 0 aliphatic carbocycles. The van der Waals surface area contributed by atoms with Crippen molar-refractivity contribution in [3.05, 3.63) is 11.6 Å². The molecule has 4 nitrogen and oxygen atoms in total. The largest absolute Gasteiger partial charge is 0.466 e. The zero-order valence-electron chi connectivity index (χ0n) is 10.8. The lowest BCUT2D eigenvalue weighted by molar-refractivity contribution is -0.136. The van der Waals surface area contributed by atoms with Crippen LogP contribution in [0.3, 0.4) is 0 Å². The quantitative estimate of drug-likeness (QED) is 0.382. The zero-order chi connectivity index (χ0) is 13.1. The van der Waals surface area contributed by atoms with E-state index in [1.807, 2.05) is 0 Å². The fourth-order valence-corrected chi connectivity index (χ4v) is 1.63. The van der Waals surface area contributed by atoms with Crippen LogP contribution >= 0.6 is 0 Å². The minimum atomic E-state index is -0.601. The lowest BCUT2D eigenvalue weighted by atomic mass is 10.0. The van der Waals surface area contributed by atoms with Crippen molar-refractivity contribution in [3.8, 4) is 0 Å². The SMILES string of the molecule is CCCCCCCCC(=CC(N)=O)C(=O)OC. The molecule has 0 aliphatic rings. The van der Waals surface area contributed by atoms with E-state index in [9.17, 15) is 9.59 Å². The van der Waals surface area contributed by atoms with Gasteiger partial charge in [-0.05, 0) is 12.8 Å². The van der Waals surface area contributed by atoms with Crippen LogP contribution in [0.25, 0.3) is 0 Å². The van der Waals surface area contributed by atoms with Gasteiger partial charge in [-0.25, -0.2) is 4.79 Å². The number of nitrogens with two attached hydrogens (primary N) is 1. The van der Waals surface area contributed by atoms with E-state index in [1.165, 1.54) is 32.8 Å². The van der Waals surface area contributed by atoms with E-state index in [0.29, 0.717) is 12.0 Å². The fourth-order valence-electron chi connectivity index (χ4n) is 1.63. The molecule has 0 aromatic carbocycles. The van der Waals surface area contributed by atoms with Gasteiger partial charge in [0.15, 0.2) is 0 Å². The number of hydrogen-bond donors (Lipinski definition) is 1. The second kappa shape index (κ2) is 9.87. The maximum absolute atomic E-state index is 11.3. The number of unbranched alkanes of at least 4 members (excludes halogenated alkanes) is 5. The molecule has 0 aromatic heterocycles. The molecule has 0 aliphatic heterocycles. The molecule has 2 N–H and O–H groups in total. The Hall–Kier alpha value is -1.32. The predicted molar refractivity (Wildman–Crippen MR) is 67.3 cm³/mol. The van der Waals surface area contributed by atoms with Crippen LogP contribution in [0, 0.1) is 0 Å². The van der Waals surface area contributed by atoms with Crippen molar-refractivity contribution >= 4 is 11.9 Å². The molecule has 1 amide bonds. The van der Waals surface area contributed by atoms with Crippen LogP contribution < -0.4 is 5.73 Å².